The second-order valence-corrected chi connectivity index (χ2v) is 12.5. The summed E-state index contributed by atoms with van der Waals surface area (Å²) >= 11 is 0. The first-order chi connectivity index (χ1) is 20.2. The highest BCUT2D eigenvalue weighted by atomic mass is 19.1. The number of hydrogen-bond donors (Lipinski definition) is 2. The number of nitrogens with two attached hydrogens (primary N) is 1. The van der Waals surface area contributed by atoms with Crippen LogP contribution in [0.5, 0.6) is 11.6 Å². The zero-order valence-corrected chi connectivity index (χ0v) is 23.8. The average molecular weight is 570 g/mol. The van der Waals surface area contributed by atoms with Gasteiger partial charge in [-0.15, -0.1) is 0 Å². The molecule has 0 radical (unpaired) electrons. The Morgan fingerprint density at radius 1 is 1.10 bits per heavy atom. The van der Waals surface area contributed by atoms with Gasteiger partial charge in [-0.2, -0.15) is 0 Å². The summed E-state index contributed by atoms with van der Waals surface area (Å²) in [4.78, 5) is 11.7. The van der Waals surface area contributed by atoms with Crippen molar-refractivity contribution in [3.05, 3.63) is 59.9 Å². The van der Waals surface area contributed by atoms with Crippen molar-refractivity contribution in [2.75, 3.05) is 13.6 Å². The first-order valence-electron chi connectivity index (χ1n) is 14.8. The molecule has 8 rings (SSSR count). The van der Waals surface area contributed by atoms with Crippen molar-refractivity contribution in [1.82, 2.24) is 19.4 Å². The first kappa shape index (κ1) is 25.9. The number of fused-ring (bicyclic) bond motifs is 5. The largest absolute Gasteiger partial charge is 0.508 e. The quantitative estimate of drug-likeness (QED) is 0.267. The van der Waals surface area contributed by atoms with Crippen LogP contribution in [0.4, 0.5) is 8.78 Å². The van der Waals surface area contributed by atoms with E-state index in [1.165, 1.54) is 24.3 Å². The normalized spacial score (nSPS) is 26.1. The molecule has 42 heavy (non-hydrogen) atoms. The van der Waals surface area contributed by atoms with E-state index in [9.17, 15) is 9.50 Å². The van der Waals surface area contributed by atoms with Crippen molar-refractivity contribution < 1.29 is 18.6 Å². The molecule has 1 unspecified atom stereocenters. The molecule has 2 saturated carbocycles. The zero-order valence-electron chi connectivity index (χ0n) is 23.8. The summed E-state index contributed by atoms with van der Waals surface area (Å²) in [7, 11) is 2.10. The van der Waals surface area contributed by atoms with Gasteiger partial charge in [-0.05, 0) is 99.6 Å². The van der Waals surface area contributed by atoms with Gasteiger partial charge < -0.3 is 20.1 Å². The predicted octanol–water partition coefficient (Wildman–Crippen LogP) is 6.08. The Morgan fingerprint density at radius 3 is 2.67 bits per heavy atom. The van der Waals surface area contributed by atoms with Gasteiger partial charge in [0, 0.05) is 34.9 Å². The van der Waals surface area contributed by atoms with Crippen LogP contribution in [0.25, 0.3) is 43.8 Å². The Kier molecular flexibility index (Phi) is 5.59. The summed E-state index contributed by atoms with van der Waals surface area (Å²) < 4.78 is 39.9. The van der Waals surface area contributed by atoms with E-state index in [1.807, 2.05) is 6.92 Å². The van der Waals surface area contributed by atoms with E-state index in [-0.39, 0.29) is 41.2 Å². The minimum atomic E-state index is -0.645. The molecular formula is C33H33F2N5O2. The average Bonchev–Trinajstić information content (AvgIpc) is 3.37. The third-order valence-electron chi connectivity index (χ3n) is 10.0. The molecule has 0 spiro atoms. The second-order valence-electron chi connectivity index (χ2n) is 12.5. The molecule has 7 nitrogen and oxygen atoms in total. The third-order valence-corrected chi connectivity index (χ3v) is 10.0. The van der Waals surface area contributed by atoms with Crippen LogP contribution >= 0.6 is 0 Å². The smallest absolute Gasteiger partial charge is 0.223 e. The molecule has 3 fully saturated rings. The Balaban J connectivity index is 1.37. The van der Waals surface area contributed by atoms with Gasteiger partial charge in [0.2, 0.25) is 5.88 Å². The number of halogens is 2. The second kappa shape index (κ2) is 9.09. The van der Waals surface area contributed by atoms with Gasteiger partial charge >= 0.3 is 0 Å². The van der Waals surface area contributed by atoms with E-state index in [0.717, 1.165) is 42.4 Å². The van der Waals surface area contributed by atoms with Crippen molar-refractivity contribution >= 4 is 32.6 Å². The lowest BCUT2D eigenvalue weighted by Crippen LogP contribution is -2.44. The number of aromatic nitrogens is 3. The van der Waals surface area contributed by atoms with Crippen molar-refractivity contribution in [1.29, 1.82) is 0 Å². The maximum atomic E-state index is 16.7. The van der Waals surface area contributed by atoms with Crippen LogP contribution in [0, 0.1) is 30.4 Å². The van der Waals surface area contributed by atoms with Gasteiger partial charge in [0.15, 0.2) is 5.82 Å². The number of nitrogens with zero attached hydrogens (tertiary/aromatic N) is 4. The van der Waals surface area contributed by atoms with Crippen molar-refractivity contribution in [2.45, 2.75) is 57.3 Å². The number of aryl methyl sites for hydroxylation is 1. The Hall–Kier alpha value is -3.82. The van der Waals surface area contributed by atoms with E-state index in [2.05, 4.69) is 34.5 Å². The molecule has 3 aliphatic rings. The Labute approximate surface area is 241 Å². The summed E-state index contributed by atoms with van der Waals surface area (Å²) in [6.45, 7) is 5.11. The number of likely N-dealkylation sites (tertiary alicyclic amines) is 1. The molecule has 0 bridgehead atoms. The molecule has 1 aliphatic heterocycles. The molecule has 9 heteroatoms. The summed E-state index contributed by atoms with van der Waals surface area (Å²) in [5, 5.41) is 12.9. The fourth-order valence-corrected chi connectivity index (χ4v) is 7.80. The van der Waals surface area contributed by atoms with Gasteiger partial charge in [0.05, 0.1) is 16.9 Å². The fraction of sp³-hybridized carbons (Fsp3) is 0.394. The predicted molar refractivity (Wildman–Crippen MR) is 159 cm³/mol. The maximum Gasteiger partial charge on any atom is 0.223 e. The number of aromatic hydroxyl groups is 1. The molecule has 216 valence electrons. The van der Waals surface area contributed by atoms with E-state index in [4.69, 9.17) is 15.5 Å². The number of rotatable bonds is 5. The lowest BCUT2D eigenvalue weighted by Gasteiger charge is -2.36. The topological polar surface area (TPSA) is 89.4 Å². The number of phenols is 1. The van der Waals surface area contributed by atoms with E-state index >= 15 is 4.39 Å². The molecule has 6 atom stereocenters. The zero-order chi connectivity index (χ0) is 29.0. The Morgan fingerprint density at radius 2 is 1.93 bits per heavy atom. The Bertz CT molecular complexity index is 1920. The van der Waals surface area contributed by atoms with Crippen LogP contribution in [0.1, 0.15) is 37.9 Å². The minimum absolute atomic E-state index is 0.00666. The molecule has 0 amide bonds. The van der Waals surface area contributed by atoms with E-state index < -0.39 is 11.6 Å². The van der Waals surface area contributed by atoms with Gasteiger partial charge in [-0.1, -0.05) is 6.07 Å². The van der Waals surface area contributed by atoms with Crippen molar-refractivity contribution in [3.8, 4) is 22.9 Å². The summed E-state index contributed by atoms with van der Waals surface area (Å²) in [5.74, 6) is 0.298. The van der Waals surface area contributed by atoms with Gasteiger partial charge in [-0.25, -0.2) is 13.8 Å². The molecular weight excluding hydrogens is 536 g/mol. The number of benzene rings is 2. The summed E-state index contributed by atoms with van der Waals surface area (Å²) in [6, 6.07) is 9.63. The number of phenolic OH excluding ortho intramolecular Hbond substituents is 1. The van der Waals surface area contributed by atoms with Crippen LogP contribution in [0.2, 0.25) is 0 Å². The third kappa shape index (κ3) is 3.69. The van der Waals surface area contributed by atoms with Gasteiger partial charge in [-0.3, -0.25) is 9.88 Å². The first-order valence-corrected chi connectivity index (χ1v) is 14.8. The molecule has 4 heterocycles. The van der Waals surface area contributed by atoms with Crippen molar-refractivity contribution in [3.63, 3.8) is 0 Å². The van der Waals surface area contributed by atoms with Crippen molar-refractivity contribution in [2.24, 2.45) is 17.6 Å². The van der Waals surface area contributed by atoms with Crippen LogP contribution in [0.3, 0.4) is 0 Å². The number of pyridine rings is 2. The van der Waals surface area contributed by atoms with Crippen LogP contribution in [0.15, 0.2) is 42.6 Å². The van der Waals surface area contributed by atoms with E-state index in [0.29, 0.717) is 39.4 Å². The monoisotopic (exact) mass is 569 g/mol. The van der Waals surface area contributed by atoms with Gasteiger partial charge in [0.1, 0.15) is 28.9 Å². The molecule has 3 aromatic heterocycles. The van der Waals surface area contributed by atoms with Crippen LogP contribution < -0.4 is 10.5 Å². The lowest BCUT2D eigenvalue weighted by atomic mass is 9.86. The van der Waals surface area contributed by atoms with Crippen LogP contribution in [-0.2, 0) is 0 Å². The van der Waals surface area contributed by atoms with Gasteiger partial charge in [0.25, 0.3) is 0 Å². The molecule has 5 aromatic rings. The van der Waals surface area contributed by atoms with E-state index in [1.54, 1.807) is 12.3 Å². The summed E-state index contributed by atoms with van der Waals surface area (Å²) in [6.07, 6.45) is 4.73. The summed E-state index contributed by atoms with van der Waals surface area (Å²) in [5.41, 5.74) is 8.88. The lowest BCUT2D eigenvalue weighted by molar-refractivity contribution is 0.119. The standard InChI is InChI=1S/C33H33F2N5O2/c1-15-9-24-31(40(15)32-23-13-21(23)28(32)36)25-14-37-29(22-12-19(41)10-17-6-7-18(34)11-20(17)22)27(35)30(25)38-33(24)42-16(2)26-5-4-8-39(26)3/h6-7,9-12,14,16,21,23,26,28,32,41H,4-5,8,13,36H2,1-3H3/t16-,21?,23+,26-,28+,32-/m0/s1. The maximum absolute atomic E-state index is 16.7. The SMILES string of the molecule is Cc1cc2c(O[C@@H](C)[C@@H]3CCCN3C)nc3c(F)c(-c4cc(O)cc5ccc(F)cc45)ncc3c2n1[C@@H]1[C@H](N)C2C[C@H]21. The highest BCUT2D eigenvalue weighted by molar-refractivity contribution is 6.08. The molecule has 2 aromatic carbocycles. The number of likely N-dealkylation sites (N-methyl/N-ethyl adjacent to an activating group) is 1. The molecule has 1 saturated heterocycles. The minimum Gasteiger partial charge on any atom is -0.508 e. The highest BCUT2D eigenvalue weighted by Gasteiger charge is 2.61. The highest BCUT2D eigenvalue weighted by Crippen LogP contribution is 2.62. The fourth-order valence-electron chi connectivity index (χ4n) is 7.80. The molecule has 2 aliphatic carbocycles. The molecule has 3 N–H and O–H groups in total. The number of ether oxygens (including phenoxy) is 1. The van der Waals surface area contributed by atoms with Crippen LogP contribution in [-0.4, -0.2) is 56.3 Å². The number of hydrogen-bond acceptors (Lipinski definition) is 6.